The molecular weight excluding hydrogens is 288 g/mol. The topological polar surface area (TPSA) is 63.3 Å². The maximum absolute atomic E-state index is 9.79. The van der Waals surface area contributed by atoms with Crippen LogP contribution in [0.5, 0.6) is 0 Å². The number of hydrogen-bond acceptors (Lipinski definition) is 4. The van der Waals surface area contributed by atoms with Crippen molar-refractivity contribution in [3.05, 3.63) is 60.0 Å². The molecule has 5 heteroatoms. The molecule has 0 aliphatic rings. The van der Waals surface area contributed by atoms with Gasteiger partial charge in [-0.3, -0.25) is 0 Å². The third-order valence-electron chi connectivity index (χ3n) is 4.10. The third-order valence-corrected chi connectivity index (χ3v) is 4.10. The second-order valence-electron chi connectivity index (χ2n) is 5.76. The van der Waals surface area contributed by atoms with Crippen molar-refractivity contribution >= 4 is 16.6 Å². The Balaban J connectivity index is 1.92. The van der Waals surface area contributed by atoms with E-state index in [-0.39, 0.29) is 0 Å². The number of benzene rings is 1. The van der Waals surface area contributed by atoms with Crippen molar-refractivity contribution in [1.29, 1.82) is 0 Å². The minimum atomic E-state index is -0.502. The minimum absolute atomic E-state index is 0.502. The Hall–Kier alpha value is -2.79. The molecule has 0 aliphatic carbocycles. The molecule has 0 bridgehead atoms. The largest absolute Gasteiger partial charge is 0.389 e. The highest BCUT2D eigenvalue weighted by Crippen LogP contribution is 2.27. The Morgan fingerprint density at radius 3 is 2.83 bits per heavy atom. The van der Waals surface area contributed by atoms with E-state index in [1.54, 1.807) is 11.4 Å². The van der Waals surface area contributed by atoms with Crippen molar-refractivity contribution < 1.29 is 5.11 Å². The first kappa shape index (κ1) is 13.8. The quantitative estimate of drug-likeness (QED) is 0.617. The molecule has 3 heterocycles. The number of fused-ring (bicyclic) bond motifs is 2. The molecule has 4 rings (SSSR count). The zero-order chi connectivity index (χ0) is 16.0. The Bertz CT molecular complexity index is 1020. The Labute approximate surface area is 133 Å². The molecule has 23 heavy (non-hydrogen) atoms. The molecular formula is C18H16N4O. The van der Waals surface area contributed by atoms with Gasteiger partial charge in [0, 0.05) is 17.1 Å². The third kappa shape index (κ3) is 2.35. The van der Waals surface area contributed by atoms with E-state index in [4.69, 9.17) is 4.98 Å². The van der Waals surface area contributed by atoms with Crippen molar-refractivity contribution in [2.45, 2.75) is 20.0 Å². The number of nitrogens with zero attached hydrogens (tertiary/aromatic N) is 4. The molecule has 5 nitrogen and oxygen atoms in total. The van der Waals surface area contributed by atoms with Gasteiger partial charge >= 0.3 is 0 Å². The molecule has 3 aromatic heterocycles. The van der Waals surface area contributed by atoms with Gasteiger partial charge in [0.1, 0.15) is 6.33 Å². The van der Waals surface area contributed by atoms with Crippen molar-refractivity contribution in [3.63, 3.8) is 0 Å². The minimum Gasteiger partial charge on any atom is -0.389 e. The molecule has 1 atom stereocenters. The first-order valence-electron chi connectivity index (χ1n) is 7.51. The maximum Gasteiger partial charge on any atom is 0.155 e. The normalized spacial score (nSPS) is 12.8. The van der Waals surface area contributed by atoms with Crippen LogP contribution in [0, 0.1) is 6.92 Å². The average Bonchev–Trinajstić information content (AvgIpc) is 3.01. The molecule has 0 aliphatic heterocycles. The molecule has 1 N–H and O–H groups in total. The second kappa shape index (κ2) is 5.14. The summed E-state index contributed by atoms with van der Waals surface area (Å²) in [4.78, 5) is 8.99. The zero-order valence-corrected chi connectivity index (χ0v) is 12.9. The Kier molecular flexibility index (Phi) is 3.09. The van der Waals surface area contributed by atoms with E-state index in [2.05, 4.69) is 23.1 Å². The molecule has 0 fully saturated rings. The summed E-state index contributed by atoms with van der Waals surface area (Å²) in [5.74, 6) is 0. The molecule has 0 spiro atoms. The van der Waals surface area contributed by atoms with Gasteiger partial charge < -0.3 is 5.11 Å². The fraction of sp³-hybridized carbons (Fsp3) is 0.167. The van der Waals surface area contributed by atoms with Crippen LogP contribution in [-0.4, -0.2) is 24.7 Å². The number of rotatable bonds is 2. The van der Waals surface area contributed by atoms with Gasteiger partial charge in [-0.05, 0) is 49.2 Å². The van der Waals surface area contributed by atoms with Crippen LogP contribution < -0.4 is 0 Å². The summed E-state index contributed by atoms with van der Waals surface area (Å²) in [5, 5.41) is 15.0. The van der Waals surface area contributed by atoms with Crippen LogP contribution in [0.2, 0.25) is 0 Å². The Morgan fingerprint density at radius 2 is 2.00 bits per heavy atom. The van der Waals surface area contributed by atoms with Gasteiger partial charge in [0.15, 0.2) is 5.65 Å². The van der Waals surface area contributed by atoms with Gasteiger partial charge in [0.2, 0.25) is 0 Å². The van der Waals surface area contributed by atoms with Crippen LogP contribution in [0.25, 0.3) is 27.8 Å². The summed E-state index contributed by atoms with van der Waals surface area (Å²) < 4.78 is 1.73. The summed E-state index contributed by atoms with van der Waals surface area (Å²) in [6, 6.07) is 11.9. The fourth-order valence-electron chi connectivity index (χ4n) is 2.80. The summed E-state index contributed by atoms with van der Waals surface area (Å²) in [6.45, 7) is 3.84. The van der Waals surface area contributed by atoms with Gasteiger partial charge in [-0.25, -0.2) is 14.5 Å². The highest BCUT2D eigenvalue weighted by molar-refractivity contribution is 5.85. The number of hydrogen-bond donors (Lipinski definition) is 1. The number of aromatic nitrogens is 4. The molecule has 0 amide bonds. The fourth-order valence-corrected chi connectivity index (χ4v) is 2.80. The molecule has 0 saturated carbocycles. The van der Waals surface area contributed by atoms with E-state index in [1.807, 2.05) is 36.5 Å². The van der Waals surface area contributed by atoms with Crippen molar-refractivity contribution in [2.75, 3.05) is 0 Å². The molecule has 114 valence electrons. The average molecular weight is 304 g/mol. The second-order valence-corrected chi connectivity index (χ2v) is 5.76. The highest BCUT2D eigenvalue weighted by atomic mass is 16.3. The van der Waals surface area contributed by atoms with E-state index in [0.717, 1.165) is 38.9 Å². The first-order valence-corrected chi connectivity index (χ1v) is 7.51. The lowest BCUT2D eigenvalue weighted by Crippen LogP contribution is -1.95. The van der Waals surface area contributed by atoms with Crippen LogP contribution in [0.3, 0.4) is 0 Å². The predicted octanol–water partition coefficient (Wildman–Crippen LogP) is 3.31. The van der Waals surface area contributed by atoms with E-state index >= 15 is 0 Å². The van der Waals surface area contributed by atoms with Gasteiger partial charge in [0.05, 0.1) is 17.3 Å². The van der Waals surface area contributed by atoms with Crippen LogP contribution >= 0.6 is 0 Å². The molecule has 1 unspecified atom stereocenters. The van der Waals surface area contributed by atoms with Crippen LogP contribution in [0.15, 0.2) is 48.9 Å². The van der Waals surface area contributed by atoms with Gasteiger partial charge in [-0.1, -0.05) is 12.1 Å². The number of pyridine rings is 2. The lowest BCUT2D eigenvalue weighted by molar-refractivity contribution is 0.199. The lowest BCUT2D eigenvalue weighted by Gasteiger charge is -2.10. The van der Waals surface area contributed by atoms with Gasteiger partial charge in [0.25, 0.3) is 0 Å². The van der Waals surface area contributed by atoms with E-state index in [1.165, 1.54) is 6.33 Å². The monoisotopic (exact) mass is 304 g/mol. The van der Waals surface area contributed by atoms with Crippen molar-refractivity contribution in [1.82, 2.24) is 19.6 Å². The van der Waals surface area contributed by atoms with Crippen LogP contribution in [0.4, 0.5) is 0 Å². The molecule has 1 aromatic carbocycles. The van der Waals surface area contributed by atoms with Crippen molar-refractivity contribution in [2.24, 2.45) is 0 Å². The Morgan fingerprint density at radius 1 is 1.13 bits per heavy atom. The number of aliphatic hydroxyl groups excluding tert-OH is 1. The standard InChI is InChI=1S/C18H16N4O/c1-11-7-16(14-5-6-22-18(9-14)19-10-20-22)21-17-8-13(12(2)23)3-4-15(11)17/h3-10,12,23H,1-2H3. The van der Waals surface area contributed by atoms with Gasteiger partial charge in [-0.15, -0.1) is 0 Å². The zero-order valence-electron chi connectivity index (χ0n) is 12.9. The summed E-state index contributed by atoms with van der Waals surface area (Å²) in [5.41, 5.74) is 5.60. The smallest absolute Gasteiger partial charge is 0.155 e. The van der Waals surface area contributed by atoms with Gasteiger partial charge in [-0.2, -0.15) is 5.10 Å². The molecule has 4 aromatic rings. The number of aliphatic hydroxyl groups is 1. The number of aryl methyl sites for hydroxylation is 1. The van der Waals surface area contributed by atoms with Crippen LogP contribution in [0.1, 0.15) is 24.2 Å². The van der Waals surface area contributed by atoms with E-state index in [0.29, 0.717) is 0 Å². The van der Waals surface area contributed by atoms with E-state index < -0.39 is 6.10 Å². The maximum atomic E-state index is 9.79. The highest BCUT2D eigenvalue weighted by Gasteiger charge is 2.09. The lowest BCUT2D eigenvalue weighted by atomic mass is 10.0. The molecule has 0 saturated heterocycles. The van der Waals surface area contributed by atoms with Crippen molar-refractivity contribution in [3.8, 4) is 11.3 Å². The SMILES string of the molecule is Cc1cc(-c2ccn3ncnc3c2)nc2cc(C(C)O)ccc12. The summed E-state index contributed by atoms with van der Waals surface area (Å²) >= 11 is 0. The predicted molar refractivity (Wildman–Crippen MR) is 89.1 cm³/mol. The van der Waals surface area contributed by atoms with E-state index in [9.17, 15) is 5.11 Å². The summed E-state index contributed by atoms with van der Waals surface area (Å²) in [7, 11) is 0. The molecule has 0 radical (unpaired) electrons. The van der Waals surface area contributed by atoms with Crippen LogP contribution in [-0.2, 0) is 0 Å². The summed E-state index contributed by atoms with van der Waals surface area (Å²) in [6.07, 6.45) is 2.91. The first-order chi connectivity index (χ1) is 11.1.